The van der Waals surface area contributed by atoms with Crippen molar-refractivity contribution in [3.63, 3.8) is 0 Å². The Kier molecular flexibility index (Phi) is 5.13. The van der Waals surface area contributed by atoms with Crippen LogP contribution in [0.2, 0.25) is 0 Å². The second kappa shape index (κ2) is 6.67. The SMILES string of the molecule is C=C1/C=C\C=C/CC/C=C\C=C(\C)C(=C)N1. The molecule has 0 atom stereocenters. The Morgan fingerprint density at radius 1 is 1.06 bits per heavy atom. The minimum atomic E-state index is 0.852. The van der Waals surface area contributed by atoms with Gasteiger partial charge in [-0.2, -0.15) is 0 Å². The van der Waals surface area contributed by atoms with E-state index in [1.165, 1.54) is 0 Å². The zero-order valence-electron chi connectivity index (χ0n) is 9.87. The zero-order chi connectivity index (χ0) is 11.8. The van der Waals surface area contributed by atoms with Crippen LogP contribution in [-0.4, -0.2) is 0 Å². The Morgan fingerprint density at radius 2 is 1.75 bits per heavy atom. The molecule has 0 aliphatic carbocycles. The first kappa shape index (κ1) is 12.3. The van der Waals surface area contributed by atoms with Crippen molar-refractivity contribution in [1.82, 2.24) is 5.32 Å². The van der Waals surface area contributed by atoms with Crippen molar-refractivity contribution < 1.29 is 0 Å². The Bertz CT molecular complexity index is 378. The van der Waals surface area contributed by atoms with Crippen molar-refractivity contribution in [2.75, 3.05) is 0 Å². The van der Waals surface area contributed by atoms with Gasteiger partial charge in [-0.25, -0.2) is 0 Å². The minimum absolute atomic E-state index is 0.852. The highest BCUT2D eigenvalue weighted by Gasteiger charge is 1.95. The van der Waals surface area contributed by atoms with Gasteiger partial charge < -0.3 is 5.32 Å². The Morgan fingerprint density at radius 3 is 2.50 bits per heavy atom. The molecule has 0 saturated heterocycles. The molecule has 0 amide bonds. The first-order valence-electron chi connectivity index (χ1n) is 5.52. The van der Waals surface area contributed by atoms with E-state index in [2.05, 4.69) is 42.8 Å². The van der Waals surface area contributed by atoms with Crippen LogP contribution in [0.5, 0.6) is 0 Å². The first-order chi connectivity index (χ1) is 7.70. The van der Waals surface area contributed by atoms with E-state index in [1.54, 1.807) is 0 Å². The average Bonchev–Trinajstić information content (AvgIpc) is 2.26. The van der Waals surface area contributed by atoms with Crippen LogP contribution in [0.3, 0.4) is 0 Å². The van der Waals surface area contributed by atoms with Crippen molar-refractivity contribution in [3.8, 4) is 0 Å². The monoisotopic (exact) mass is 213 g/mol. The molecular weight excluding hydrogens is 194 g/mol. The first-order valence-corrected chi connectivity index (χ1v) is 5.52. The van der Waals surface area contributed by atoms with E-state index in [9.17, 15) is 0 Å². The maximum Gasteiger partial charge on any atom is 0.0340 e. The molecule has 1 rings (SSSR count). The number of allylic oxidation sites excluding steroid dienone is 8. The summed E-state index contributed by atoms with van der Waals surface area (Å²) in [5.41, 5.74) is 2.87. The molecule has 1 nitrogen and oxygen atoms in total. The lowest BCUT2D eigenvalue weighted by atomic mass is 10.2. The zero-order valence-corrected chi connectivity index (χ0v) is 9.87. The topological polar surface area (TPSA) is 12.0 Å². The molecule has 0 unspecified atom stereocenters. The van der Waals surface area contributed by atoms with Gasteiger partial charge in [0.1, 0.15) is 0 Å². The molecule has 1 heteroatoms. The quantitative estimate of drug-likeness (QED) is 0.641. The average molecular weight is 213 g/mol. The van der Waals surface area contributed by atoms with Crippen molar-refractivity contribution >= 4 is 0 Å². The highest BCUT2D eigenvalue weighted by molar-refractivity contribution is 5.33. The second-order valence-corrected chi connectivity index (χ2v) is 3.77. The Labute approximate surface area is 98.3 Å². The summed E-state index contributed by atoms with van der Waals surface area (Å²) in [7, 11) is 0. The molecule has 0 radical (unpaired) electrons. The van der Waals surface area contributed by atoms with Crippen LogP contribution in [0, 0.1) is 0 Å². The smallest absolute Gasteiger partial charge is 0.0340 e. The summed E-state index contributed by atoms with van der Waals surface area (Å²) in [6, 6.07) is 0. The molecule has 0 saturated carbocycles. The van der Waals surface area contributed by atoms with Crippen LogP contribution in [0.15, 0.2) is 72.7 Å². The highest BCUT2D eigenvalue weighted by Crippen LogP contribution is 2.07. The van der Waals surface area contributed by atoms with E-state index in [-0.39, 0.29) is 0 Å². The molecule has 1 aliphatic rings. The van der Waals surface area contributed by atoms with E-state index >= 15 is 0 Å². The molecule has 1 aliphatic heterocycles. The number of rotatable bonds is 0. The summed E-state index contributed by atoms with van der Waals surface area (Å²) in [6.07, 6.45) is 16.6. The largest absolute Gasteiger partial charge is 0.356 e. The summed E-state index contributed by atoms with van der Waals surface area (Å²) in [5.74, 6) is 0. The molecule has 0 spiro atoms. The van der Waals surface area contributed by atoms with Gasteiger partial charge in [0.25, 0.3) is 0 Å². The Hall–Kier alpha value is -1.76. The van der Waals surface area contributed by atoms with Crippen LogP contribution in [-0.2, 0) is 0 Å². The molecule has 84 valence electrons. The summed E-state index contributed by atoms with van der Waals surface area (Å²) < 4.78 is 0. The van der Waals surface area contributed by atoms with E-state index < -0.39 is 0 Å². The van der Waals surface area contributed by atoms with Gasteiger partial charge in [0, 0.05) is 11.4 Å². The molecule has 0 fully saturated rings. The van der Waals surface area contributed by atoms with Gasteiger partial charge in [0.2, 0.25) is 0 Å². The Balaban J connectivity index is 2.80. The number of hydrogen-bond donors (Lipinski definition) is 1. The highest BCUT2D eigenvalue weighted by atomic mass is 14.9. The molecule has 0 bridgehead atoms. The van der Waals surface area contributed by atoms with Gasteiger partial charge >= 0.3 is 0 Å². The summed E-state index contributed by atoms with van der Waals surface area (Å²) in [4.78, 5) is 0. The van der Waals surface area contributed by atoms with E-state index in [0.29, 0.717) is 0 Å². The molecule has 0 aromatic heterocycles. The van der Waals surface area contributed by atoms with Gasteiger partial charge in [0.05, 0.1) is 0 Å². The lowest BCUT2D eigenvalue weighted by Gasteiger charge is -2.08. The third-order valence-electron chi connectivity index (χ3n) is 2.31. The maximum atomic E-state index is 3.97. The van der Waals surface area contributed by atoms with Crippen molar-refractivity contribution in [1.29, 1.82) is 0 Å². The summed E-state index contributed by atoms with van der Waals surface area (Å²) in [6.45, 7) is 9.92. The standard InChI is InChI=1S/C15H19N/c1-13-11-9-7-5-4-6-8-10-12-14(2)16-15(13)3/h6-12,16H,2-5H2,1H3/b8-6-,9-7-,12-10-,13-11-. The summed E-state index contributed by atoms with van der Waals surface area (Å²) >= 11 is 0. The van der Waals surface area contributed by atoms with Gasteiger partial charge in [-0.3, -0.25) is 0 Å². The predicted octanol–water partition coefficient (Wildman–Crippen LogP) is 4.01. The fourth-order valence-electron chi connectivity index (χ4n) is 1.28. The molecule has 1 N–H and O–H groups in total. The second-order valence-electron chi connectivity index (χ2n) is 3.77. The normalized spacial score (nSPS) is 27.4. The van der Waals surface area contributed by atoms with Crippen molar-refractivity contribution in [3.05, 3.63) is 72.7 Å². The van der Waals surface area contributed by atoms with Gasteiger partial charge in [-0.05, 0) is 31.4 Å². The maximum absolute atomic E-state index is 3.97. The third-order valence-corrected chi connectivity index (χ3v) is 2.31. The van der Waals surface area contributed by atoms with Crippen LogP contribution in [0.25, 0.3) is 0 Å². The molecule has 0 aromatic carbocycles. The third kappa shape index (κ3) is 4.65. The van der Waals surface area contributed by atoms with Crippen LogP contribution in [0.1, 0.15) is 19.8 Å². The van der Waals surface area contributed by atoms with Crippen molar-refractivity contribution in [2.45, 2.75) is 19.8 Å². The molecule has 16 heavy (non-hydrogen) atoms. The van der Waals surface area contributed by atoms with Crippen molar-refractivity contribution in [2.24, 2.45) is 0 Å². The number of hydrogen-bond acceptors (Lipinski definition) is 1. The van der Waals surface area contributed by atoms with Gasteiger partial charge in [-0.1, -0.05) is 49.6 Å². The van der Waals surface area contributed by atoms with E-state index in [0.717, 1.165) is 29.8 Å². The fourth-order valence-corrected chi connectivity index (χ4v) is 1.28. The lowest BCUT2D eigenvalue weighted by Crippen LogP contribution is -2.10. The van der Waals surface area contributed by atoms with E-state index in [1.807, 2.05) is 25.2 Å². The number of nitrogens with one attached hydrogen (secondary N) is 1. The molecule has 1 heterocycles. The fraction of sp³-hybridized carbons (Fsp3) is 0.200. The lowest BCUT2D eigenvalue weighted by molar-refractivity contribution is 1.02. The summed E-state index contributed by atoms with van der Waals surface area (Å²) in [5, 5.41) is 3.16. The predicted molar refractivity (Wildman–Crippen MR) is 71.8 cm³/mol. The minimum Gasteiger partial charge on any atom is -0.356 e. The van der Waals surface area contributed by atoms with Gasteiger partial charge in [0.15, 0.2) is 0 Å². The van der Waals surface area contributed by atoms with E-state index in [4.69, 9.17) is 0 Å². The van der Waals surface area contributed by atoms with Crippen LogP contribution >= 0.6 is 0 Å². The van der Waals surface area contributed by atoms with Crippen LogP contribution < -0.4 is 5.32 Å². The van der Waals surface area contributed by atoms with Gasteiger partial charge in [-0.15, -0.1) is 0 Å². The molecular formula is C15H19N. The van der Waals surface area contributed by atoms with Crippen LogP contribution in [0.4, 0.5) is 0 Å². The molecule has 0 aromatic rings.